The molecule has 2 N–H and O–H groups in total. The highest BCUT2D eigenvalue weighted by Crippen LogP contribution is 2.33. The molecular weight excluding hydrogens is 232 g/mol. The second-order valence-corrected chi connectivity index (χ2v) is 5.30. The van der Waals surface area contributed by atoms with Gasteiger partial charge in [-0.15, -0.1) is 11.3 Å². The Hall–Kier alpha value is -1.20. The summed E-state index contributed by atoms with van der Waals surface area (Å²) in [6, 6.07) is 2.73. The first-order valence-electron chi connectivity index (χ1n) is 6.05. The summed E-state index contributed by atoms with van der Waals surface area (Å²) in [7, 11) is 0. The fourth-order valence-corrected chi connectivity index (χ4v) is 3.03. The van der Waals surface area contributed by atoms with Gasteiger partial charge in [-0.1, -0.05) is 0 Å². The van der Waals surface area contributed by atoms with E-state index in [0.717, 1.165) is 22.6 Å². The molecule has 5 heteroatoms. The summed E-state index contributed by atoms with van der Waals surface area (Å²) in [4.78, 5) is 12.2. The topological polar surface area (TPSA) is 55.0 Å². The average Bonchev–Trinajstić information content (AvgIpc) is 2.73. The van der Waals surface area contributed by atoms with Crippen LogP contribution in [0.4, 0.5) is 5.82 Å². The lowest BCUT2D eigenvalue weighted by molar-refractivity contribution is 0.386. The van der Waals surface area contributed by atoms with Crippen molar-refractivity contribution < 1.29 is 0 Å². The van der Waals surface area contributed by atoms with E-state index in [1.165, 1.54) is 19.3 Å². The third-order valence-corrected chi connectivity index (χ3v) is 4.22. The summed E-state index contributed by atoms with van der Waals surface area (Å²) in [6.45, 7) is 1.55. The fraction of sp³-hybridized carbons (Fsp3) is 0.500. The predicted molar refractivity (Wildman–Crippen MR) is 71.5 cm³/mol. The van der Waals surface area contributed by atoms with Crippen LogP contribution in [0.3, 0.4) is 0 Å². The van der Waals surface area contributed by atoms with E-state index >= 15 is 0 Å². The van der Waals surface area contributed by atoms with Gasteiger partial charge in [-0.05, 0) is 30.7 Å². The van der Waals surface area contributed by atoms with Crippen LogP contribution in [0.25, 0.3) is 10.2 Å². The normalized spacial score (nSPS) is 16.1. The van der Waals surface area contributed by atoms with Crippen molar-refractivity contribution in [2.75, 3.05) is 18.0 Å². The van der Waals surface area contributed by atoms with Gasteiger partial charge in [0.1, 0.15) is 17.0 Å². The van der Waals surface area contributed by atoms with Crippen LogP contribution in [0, 0.1) is 0 Å². The van der Waals surface area contributed by atoms with E-state index in [9.17, 15) is 0 Å². The second kappa shape index (κ2) is 4.58. The Morgan fingerprint density at radius 1 is 1.41 bits per heavy atom. The smallest absolute Gasteiger partial charge is 0.141 e. The summed E-state index contributed by atoms with van der Waals surface area (Å²) in [5.74, 6) is 1.06. The molecule has 1 saturated carbocycles. The number of rotatable bonds is 4. The molecule has 0 amide bonds. The quantitative estimate of drug-likeness (QED) is 0.899. The zero-order valence-electron chi connectivity index (χ0n) is 9.67. The maximum atomic E-state index is 5.72. The first-order valence-corrected chi connectivity index (χ1v) is 6.93. The number of fused-ring (bicyclic) bond motifs is 1. The van der Waals surface area contributed by atoms with Crippen LogP contribution in [0.15, 0.2) is 17.8 Å². The van der Waals surface area contributed by atoms with Crippen molar-refractivity contribution in [1.82, 2.24) is 9.97 Å². The minimum atomic E-state index is 0.622. The van der Waals surface area contributed by atoms with Crippen molar-refractivity contribution in [2.45, 2.75) is 25.3 Å². The summed E-state index contributed by atoms with van der Waals surface area (Å²) in [5, 5.41) is 3.24. The SMILES string of the molecule is NCCN(c1ncnc2sccc12)C1CCC1. The lowest BCUT2D eigenvalue weighted by Crippen LogP contribution is -2.43. The van der Waals surface area contributed by atoms with E-state index in [1.54, 1.807) is 17.7 Å². The Morgan fingerprint density at radius 2 is 2.29 bits per heavy atom. The highest BCUT2D eigenvalue weighted by Gasteiger charge is 2.26. The molecule has 0 aliphatic heterocycles. The van der Waals surface area contributed by atoms with E-state index in [2.05, 4.69) is 26.3 Å². The molecule has 1 aliphatic carbocycles. The molecule has 2 aromatic heterocycles. The van der Waals surface area contributed by atoms with Crippen molar-refractivity contribution in [2.24, 2.45) is 5.73 Å². The minimum Gasteiger partial charge on any atom is -0.352 e. The number of thiophene rings is 1. The molecule has 4 nitrogen and oxygen atoms in total. The van der Waals surface area contributed by atoms with Gasteiger partial charge in [-0.25, -0.2) is 9.97 Å². The van der Waals surface area contributed by atoms with Crippen LogP contribution < -0.4 is 10.6 Å². The molecule has 0 unspecified atom stereocenters. The summed E-state index contributed by atoms with van der Waals surface area (Å²) < 4.78 is 0. The summed E-state index contributed by atoms with van der Waals surface area (Å²) in [5.41, 5.74) is 5.72. The molecule has 90 valence electrons. The maximum absolute atomic E-state index is 5.72. The number of nitrogens with two attached hydrogens (primary N) is 1. The Morgan fingerprint density at radius 3 is 3.00 bits per heavy atom. The second-order valence-electron chi connectivity index (χ2n) is 4.40. The number of aromatic nitrogens is 2. The highest BCUT2D eigenvalue weighted by molar-refractivity contribution is 7.16. The van der Waals surface area contributed by atoms with Gasteiger partial charge in [0.05, 0.1) is 5.39 Å². The molecule has 0 bridgehead atoms. The molecule has 0 radical (unpaired) electrons. The Labute approximate surface area is 104 Å². The van der Waals surface area contributed by atoms with Crippen molar-refractivity contribution in [3.8, 4) is 0 Å². The monoisotopic (exact) mass is 248 g/mol. The highest BCUT2D eigenvalue weighted by atomic mass is 32.1. The van der Waals surface area contributed by atoms with E-state index in [0.29, 0.717) is 12.6 Å². The summed E-state index contributed by atoms with van der Waals surface area (Å²) >= 11 is 1.67. The first kappa shape index (κ1) is 10.9. The number of hydrogen-bond acceptors (Lipinski definition) is 5. The van der Waals surface area contributed by atoms with Gasteiger partial charge in [0, 0.05) is 19.1 Å². The predicted octanol–water partition coefficient (Wildman–Crippen LogP) is 2.01. The van der Waals surface area contributed by atoms with Crippen molar-refractivity contribution in [3.05, 3.63) is 17.8 Å². The largest absolute Gasteiger partial charge is 0.352 e. The van der Waals surface area contributed by atoms with Gasteiger partial charge >= 0.3 is 0 Å². The van der Waals surface area contributed by atoms with Crippen LogP contribution in [-0.4, -0.2) is 29.1 Å². The Kier molecular flexibility index (Phi) is 2.94. The standard InChI is InChI=1S/C12H16N4S/c13-5-6-16(9-2-1-3-9)11-10-4-7-17-12(10)15-8-14-11/h4,7-9H,1-3,5-6,13H2. The number of nitrogens with zero attached hydrogens (tertiary/aromatic N) is 3. The molecule has 2 aromatic rings. The average molecular weight is 248 g/mol. The zero-order chi connectivity index (χ0) is 11.7. The maximum Gasteiger partial charge on any atom is 0.141 e. The lowest BCUT2D eigenvalue weighted by Gasteiger charge is -2.38. The van der Waals surface area contributed by atoms with Gasteiger partial charge in [-0.2, -0.15) is 0 Å². The molecule has 17 heavy (non-hydrogen) atoms. The van der Waals surface area contributed by atoms with Gasteiger partial charge in [0.2, 0.25) is 0 Å². The molecule has 0 saturated heterocycles. The Balaban J connectivity index is 2.01. The molecule has 1 fully saturated rings. The van der Waals surface area contributed by atoms with Crippen molar-refractivity contribution in [1.29, 1.82) is 0 Å². The van der Waals surface area contributed by atoms with Crippen LogP contribution in [-0.2, 0) is 0 Å². The lowest BCUT2D eigenvalue weighted by atomic mass is 9.91. The molecule has 0 atom stereocenters. The van der Waals surface area contributed by atoms with Crippen LogP contribution >= 0.6 is 11.3 Å². The number of hydrogen-bond donors (Lipinski definition) is 1. The number of anilines is 1. The third-order valence-electron chi connectivity index (χ3n) is 3.40. The van der Waals surface area contributed by atoms with Gasteiger partial charge < -0.3 is 10.6 Å². The summed E-state index contributed by atoms with van der Waals surface area (Å²) in [6.07, 6.45) is 5.51. The van der Waals surface area contributed by atoms with E-state index in [-0.39, 0.29) is 0 Å². The van der Waals surface area contributed by atoms with E-state index in [1.807, 2.05) is 0 Å². The third kappa shape index (κ3) is 1.89. The molecule has 3 rings (SSSR count). The molecular formula is C12H16N4S. The van der Waals surface area contributed by atoms with Crippen LogP contribution in [0.5, 0.6) is 0 Å². The van der Waals surface area contributed by atoms with Crippen LogP contribution in [0.1, 0.15) is 19.3 Å². The molecule has 0 spiro atoms. The van der Waals surface area contributed by atoms with Gasteiger partial charge in [0.25, 0.3) is 0 Å². The first-order chi connectivity index (χ1) is 8.40. The van der Waals surface area contributed by atoms with Crippen LogP contribution in [0.2, 0.25) is 0 Å². The van der Waals surface area contributed by atoms with Crippen molar-refractivity contribution in [3.63, 3.8) is 0 Å². The van der Waals surface area contributed by atoms with Gasteiger partial charge in [-0.3, -0.25) is 0 Å². The van der Waals surface area contributed by atoms with Crippen molar-refractivity contribution >= 4 is 27.4 Å². The minimum absolute atomic E-state index is 0.622. The van der Waals surface area contributed by atoms with E-state index in [4.69, 9.17) is 5.73 Å². The zero-order valence-corrected chi connectivity index (χ0v) is 10.5. The molecule has 0 aromatic carbocycles. The Bertz CT molecular complexity index is 506. The molecule has 2 heterocycles. The fourth-order valence-electron chi connectivity index (χ4n) is 2.30. The molecule has 1 aliphatic rings. The van der Waals surface area contributed by atoms with E-state index < -0.39 is 0 Å². The van der Waals surface area contributed by atoms with Gasteiger partial charge in [0.15, 0.2) is 0 Å².